The molecule has 1 amide bonds. The molecule has 1 aromatic heterocycles. The fraction of sp³-hybridized carbons (Fsp3) is 0.375. The first-order valence-corrected chi connectivity index (χ1v) is 10.8. The smallest absolute Gasteiger partial charge is 0.254 e. The van der Waals surface area contributed by atoms with Gasteiger partial charge in [0.15, 0.2) is 0 Å². The third kappa shape index (κ3) is 3.03. The normalized spacial score (nSPS) is 25.5. The van der Waals surface area contributed by atoms with Gasteiger partial charge >= 0.3 is 0 Å². The van der Waals surface area contributed by atoms with Crippen LogP contribution in [0.25, 0.3) is 11.4 Å². The standard InChI is InChI=1S/C24H24N4O2/c29-24(18-10-6-16(7-11-18)22-26-23(30-27-22)17-8-9-17)28-14-19-12-25-13-20(19)21(28)15-4-2-1-3-5-15/h1-7,10-11,17,19-21,25H,8-9,12-14H2/t19-,20-,21-/m0/s1. The Morgan fingerprint density at radius 3 is 2.60 bits per heavy atom. The van der Waals surface area contributed by atoms with Crippen LogP contribution in [0.4, 0.5) is 0 Å². The molecule has 3 aliphatic rings. The molecule has 152 valence electrons. The Bertz CT molecular complexity index is 1060. The van der Waals surface area contributed by atoms with E-state index in [1.807, 2.05) is 30.3 Å². The lowest BCUT2D eigenvalue weighted by molar-refractivity contribution is 0.0714. The predicted octanol–water partition coefficient (Wildman–Crippen LogP) is 3.65. The molecular formula is C24H24N4O2. The fourth-order valence-corrected chi connectivity index (χ4v) is 4.98. The van der Waals surface area contributed by atoms with Crippen molar-refractivity contribution in [3.05, 3.63) is 71.6 Å². The van der Waals surface area contributed by atoms with Crippen LogP contribution in [0.1, 0.15) is 46.6 Å². The lowest BCUT2D eigenvalue weighted by Crippen LogP contribution is -2.34. The molecular weight excluding hydrogens is 376 g/mol. The predicted molar refractivity (Wildman–Crippen MR) is 112 cm³/mol. The zero-order chi connectivity index (χ0) is 20.1. The summed E-state index contributed by atoms with van der Waals surface area (Å²) in [4.78, 5) is 20.0. The van der Waals surface area contributed by atoms with E-state index in [1.165, 1.54) is 5.56 Å². The van der Waals surface area contributed by atoms with Gasteiger partial charge in [-0.1, -0.05) is 47.6 Å². The molecule has 2 aromatic carbocycles. The highest BCUT2D eigenvalue weighted by molar-refractivity contribution is 5.95. The maximum absolute atomic E-state index is 13.5. The van der Waals surface area contributed by atoms with E-state index in [2.05, 4.69) is 44.6 Å². The third-order valence-corrected chi connectivity index (χ3v) is 6.72. The maximum Gasteiger partial charge on any atom is 0.254 e. The molecule has 3 atom stereocenters. The monoisotopic (exact) mass is 400 g/mol. The first-order chi connectivity index (χ1) is 14.8. The second-order valence-electron chi connectivity index (χ2n) is 8.70. The molecule has 1 aliphatic carbocycles. The van der Waals surface area contributed by atoms with Gasteiger partial charge in [-0.2, -0.15) is 4.98 Å². The van der Waals surface area contributed by atoms with E-state index >= 15 is 0 Å². The third-order valence-electron chi connectivity index (χ3n) is 6.72. The zero-order valence-electron chi connectivity index (χ0n) is 16.7. The van der Waals surface area contributed by atoms with Crippen molar-refractivity contribution in [3.8, 4) is 11.4 Å². The average molecular weight is 400 g/mol. The van der Waals surface area contributed by atoms with E-state index in [-0.39, 0.29) is 11.9 Å². The summed E-state index contributed by atoms with van der Waals surface area (Å²) in [6, 6.07) is 18.2. The molecule has 6 nitrogen and oxygen atoms in total. The summed E-state index contributed by atoms with van der Waals surface area (Å²) >= 11 is 0. The van der Waals surface area contributed by atoms with Crippen molar-refractivity contribution in [2.24, 2.45) is 11.8 Å². The Labute approximate surface area is 175 Å². The van der Waals surface area contributed by atoms with Crippen LogP contribution in [0.3, 0.4) is 0 Å². The van der Waals surface area contributed by atoms with Crippen molar-refractivity contribution in [1.82, 2.24) is 20.4 Å². The van der Waals surface area contributed by atoms with Gasteiger partial charge in [0.1, 0.15) is 0 Å². The molecule has 3 heterocycles. The molecule has 2 saturated heterocycles. The topological polar surface area (TPSA) is 71.3 Å². The van der Waals surface area contributed by atoms with Gasteiger partial charge < -0.3 is 14.7 Å². The highest BCUT2D eigenvalue weighted by Gasteiger charge is 2.46. The van der Waals surface area contributed by atoms with Crippen LogP contribution in [0.2, 0.25) is 0 Å². The Morgan fingerprint density at radius 2 is 1.83 bits per heavy atom. The number of aromatic nitrogens is 2. The summed E-state index contributed by atoms with van der Waals surface area (Å²) in [5, 5.41) is 7.60. The first kappa shape index (κ1) is 17.8. The molecule has 6 heteroatoms. The molecule has 2 aliphatic heterocycles. The lowest BCUT2D eigenvalue weighted by atomic mass is 9.89. The minimum absolute atomic E-state index is 0.0941. The number of nitrogens with one attached hydrogen (secondary N) is 1. The van der Waals surface area contributed by atoms with Crippen molar-refractivity contribution in [2.45, 2.75) is 24.8 Å². The molecule has 6 rings (SSSR count). The minimum atomic E-state index is 0.0941. The summed E-state index contributed by atoms with van der Waals surface area (Å²) in [7, 11) is 0. The maximum atomic E-state index is 13.5. The average Bonchev–Trinajstić information content (AvgIpc) is 3.20. The van der Waals surface area contributed by atoms with Crippen LogP contribution in [0.15, 0.2) is 59.1 Å². The molecule has 3 aromatic rings. The Morgan fingerprint density at radius 1 is 1.03 bits per heavy atom. The Hall–Kier alpha value is -2.99. The summed E-state index contributed by atoms with van der Waals surface area (Å²) in [6.45, 7) is 2.75. The van der Waals surface area contributed by atoms with Crippen molar-refractivity contribution < 1.29 is 9.32 Å². The zero-order valence-corrected chi connectivity index (χ0v) is 16.7. The number of carbonyl (C=O) groups is 1. The van der Waals surface area contributed by atoms with Crippen LogP contribution in [-0.2, 0) is 0 Å². The number of hydrogen-bond donors (Lipinski definition) is 1. The molecule has 3 fully saturated rings. The summed E-state index contributed by atoms with van der Waals surface area (Å²) < 4.78 is 5.37. The van der Waals surface area contributed by atoms with Gasteiger partial charge in [-0.25, -0.2) is 0 Å². The second-order valence-corrected chi connectivity index (χ2v) is 8.70. The SMILES string of the molecule is O=C(c1ccc(-c2noc(C3CC3)n2)cc1)N1C[C@@H]2CNC[C@@H]2[C@@H]1c1ccccc1. The number of hydrogen-bond acceptors (Lipinski definition) is 5. The van der Waals surface area contributed by atoms with Crippen molar-refractivity contribution in [1.29, 1.82) is 0 Å². The number of rotatable bonds is 4. The van der Waals surface area contributed by atoms with E-state index in [0.717, 1.165) is 43.9 Å². The number of fused-ring (bicyclic) bond motifs is 1. The summed E-state index contributed by atoms with van der Waals surface area (Å²) in [5.74, 6) is 2.84. The minimum Gasteiger partial charge on any atom is -0.339 e. The second kappa shape index (κ2) is 7.06. The van der Waals surface area contributed by atoms with Crippen LogP contribution in [0, 0.1) is 11.8 Å². The lowest BCUT2D eigenvalue weighted by Gasteiger charge is -2.28. The molecule has 0 unspecified atom stereocenters. The molecule has 1 saturated carbocycles. The highest BCUT2D eigenvalue weighted by Crippen LogP contribution is 2.43. The van der Waals surface area contributed by atoms with E-state index in [4.69, 9.17) is 4.52 Å². The van der Waals surface area contributed by atoms with E-state index < -0.39 is 0 Å². The van der Waals surface area contributed by atoms with E-state index in [1.54, 1.807) is 0 Å². The summed E-state index contributed by atoms with van der Waals surface area (Å²) in [6.07, 6.45) is 2.26. The molecule has 1 N–H and O–H groups in total. The van der Waals surface area contributed by atoms with Crippen molar-refractivity contribution in [3.63, 3.8) is 0 Å². The number of likely N-dealkylation sites (tertiary alicyclic amines) is 1. The van der Waals surface area contributed by atoms with Gasteiger partial charge in [-0.15, -0.1) is 0 Å². The Balaban J connectivity index is 1.26. The van der Waals surface area contributed by atoms with Crippen LogP contribution >= 0.6 is 0 Å². The van der Waals surface area contributed by atoms with Gasteiger partial charge in [0.25, 0.3) is 5.91 Å². The number of nitrogens with zero attached hydrogens (tertiary/aromatic N) is 3. The molecule has 0 radical (unpaired) electrons. The van der Waals surface area contributed by atoms with Crippen LogP contribution < -0.4 is 5.32 Å². The largest absolute Gasteiger partial charge is 0.339 e. The van der Waals surface area contributed by atoms with Gasteiger partial charge in [0.05, 0.1) is 6.04 Å². The number of amides is 1. The van der Waals surface area contributed by atoms with Gasteiger partial charge in [0, 0.05) is 42.6 Å². The van der Waals surface area contributed by atoms with E-state index in [0.29, 0.717) is 29.1 Å². The molecule has 0 bridgehead atoms. The van der Waals surface area contributed by atoms with Gasteiger partial charge in [-0.3, -0.25) is 4.79 Å². The quantitative estimate of drug-likeness (QED) is 0.724. The van der Waals surface area contributed by atoms with Crippen LogP contribution in [-0.4, -0.2) is 40.6 Å². The number of benzene rings is 2. The molecule has 30 heavy (non-hydrogen) atoms. The highest BCUT2D eigenvalue weighted by atomic mass is 16.5. The van der Waals surface area contributed by atoms with Crippen molar-refractivity contribution >= 4 is 5.91 Å². The first-order valence-electron chi connectivity index (χ1n) is 10.8. The molecule has 0 spiro atoms. The van der Waals surface area contributed by atoms with Gasteiger partial charge in [0.2, 0.25) is 11.7 Å². The van der Waals surface area contributed by atoms with Gasteiger partial charge in [-0.05, 0) is 36.5 Å². The Kier molecular flexibility index (Phi) is 4.20. The summed E-state index contributed by atoms with van der Waals surface area (Å²) in [5.41, 5.74) is 2.81. The number of carbonyl (C=O) groups excluding carboxylic acids is 1. The fourth-order valence-electron chi connectivity index (χ4n) is 4.98. The van der Waals surface area contributed by atoms with E-state index in [9.17, 15) is 4.79 Å². The van der Waals surface area contributed by atoms with Crippen LogP contribution in [0.5, 0.6) is 0 Å². The van der Waals surface area contributed by atoms with Crippen molar-refractivity contribution in [2.75, 3.05) is 19.6 Å².